The Hall–Kier alpha value is -0.340. The molecule has 0 radical (unpaired) electrons. The highest BCUT2D eigenvalue weighted by molar-refractivity contribution is 9.10. The van der Waals surface area contributed by atoms with E-state index in [1.165, 1.54) is 15.6 Å². The van der Waals surface area contributed by atoms with Crippen LogP contribution in [0.1, 0.15) is 25.0 Å². The molecule has 78 valence electrons. The lowest BCUT2D eigenvalue weighted by Crippen LogP contribution is -2.03. The molecule has 1 nitrogen and oxygen atoms in total. The van der Waals surface area contributed by atoms with Crippen molar-refractivity contribution in [3.05, 3.63) is 33.8 Å². The summed E-state index contributed by atoms with van der Waals surface area (Å²) in [6, 6.07) is 6.56. The average molecular weight is 256 g/mol. The molecule has 0 aliphatic heterocycles. The van der Waals surface area contributed by atoms with Crippen LogP contribution in [0.4, 0.5) is 0 Å². The first kappa shape index (κ1) is 11.7. The number of benzene rings is 1. The predicted molar refractivity (Wildman–Crippen MR) is 65.4 cm³/mol. The Kier molecular flexibility index (Phi) is 4.63. The summed E-state index contributed by atoms with van der Waals surface area (Å²) in [5, 5.41) is 0. The summed E-state index contributed by atoms with van der Waals surface area (Å²) in [7, 11) is 0. The zero-order valence-corrected chi connectivity index (χ0v) is 10.5. The SMILES string of the molecule is CC(C)Cc1ccc(CCN)cc1Br. The van der Waals surface area contributed by atoms with E-state index < -0.39 is 0 Å². The van der Waals surface area contributed by atoms with Gasteiger partial charge in [0.15, 0.2) is 0 Å². The van der Waals surface area contributed by atoms with Gasteiger partial charge in [0.05, 0.1) is 0 Å². The Morgan fingerprint density at radius 2 is 2.07 bits per heavy atom. The first-order chi connectivity index (χ1) is 6.63. The number of rotatable bonds is 4. The topological polar surface area (TPSA) is 26.0 Å². The largest absolute Gasteiger partial charge is 0.330 e. The first-order valence-electron chi connectivity index (χ1n) is 5.11. The summed E-state index contributed by atoms with van der Waals surface area (Å²) in [6.07, 6.45) is 2.09. The van der Waals surface area contributed by atoms with Gasteiger partial charge >= 0.3 is 0 Å². The standard InChI is InChI=1S/C12H18BrN/c1-9(2)7-11-4-3-10(5-6-14)8-12(11)13/h3-4,8-9H,5-7,14H2,1-2H3. The average Bonchev–Trinajstić information content (AvgIpc) is 2.10. The molecule has 0 aromatic heterocycles. The highest BCUT2D eigenvalue weighted by atomic mass is 79.9. The fraction of sp³-hybridized carbons (Fsp3) is 0.500. The second-order valence-corrected chi connectivity index (χ2v) is 4.92. The number of halogens is 1. The van der Waals surface area contributed by atoms with E-state index in [1.807, 2.05) is 0 Å². The summed E-state index contributed by atoms with van der Waals surface area (Å²) in [5.74, 6) is 0.701. The lowest BCUT2D eigenvalue weighted by atomic mass is 10.0. The van der Waals surface area contributed by atoms with Crippen LogP contribution in [-0.4, -0.2) is 6.54 Å². The Labute approximate surface area is 94.8 Å². The van der Waals surface area contributed by atoms with Crippen LogP contribution >= 0.6 is 15.9 Å². The highest BCUT2D eigenvalue weighted by Gasteiger charge is 2.03. The number of nitrogens with two attached hydrogens (primary N) is 1. The Bertz CT molecular complexity index is 294. The van der Waals surface area contributed by atoms with Gasteiger partial charge in [-0.25, -0.2) is 0 Å². The van der Waals surface area contributed by atoms with Gasteiger partial charge in [-0.2, -0.15) is 0 Å². The molecular weight excluding hydrogens is 238 g/mol. The lowest BCUT2D eigenvalue weighted by molar-refractivity contribution is 0.645. The zero-order chi connectivity index (χ0) is 10.6. The Morgan fingerprint density at radius 3 is 2.57 bits per heavy atom. The first-order valence-corrected chi connectivity index (χ1v) is 5.90. The van der Waals surface area contributed by atoms with Gasteiger partial charge in [0.1, 0.15) is 0 Å². The lowest BCUT2D eigenvalue weighted by Gasteiger charge is -2.09. The monoisotopic (exact) mass is 255 g/mol. The van der Waals surface area contributed by atoms with Crippen molar-refractivity contribution in [3.8, 4) is 0 Å². The van der Waals surface area contributed by atoms with Gasteiger partial charge in [-0.15, -0.1) is 0 Å². The quantitative estimate of drug-likeness (QED) is 0.879. The van der Waals surface area contributed by atoms with Crippen molar-refractivity contribution < 1.29 is 0 Å². The van der Waals surface area contributed by atoms with Crippen molar-refractivity contribution in [2.24, 2.45) is 11.7 Å². The fourth-order valence-electron chi connectivity index (χ4n) is 1.52. The van der Waals surface area contributed by atoms with Gasteiger partial charge in [-0.05, 0) is 42.5 Å². The molecule has 2 N–H and O–H groups in total. The molecular formula is C12H18BrN. The normalized spacial score (nSPS) is 10.9. The van der Waals surface area contributed by atoms with Crippen LogP contribution < -0.4 is 5.73 Å². The summed E-state index contributed by atoms with van der Waals surface area (Å²) in [5.41, 5.74) is 8.22. The molecule has 0 saturated carbocycles. The molecule has 1 rings (SSSR count). The van der Waals surface area contributed by atoms with E-state index in [-0.39, 0.29) is 0 Å². The molecule has 0 amide bonds. The third-order valence-corrected chi connectivity index (χ3v) is 2.92. The molecule has 0 spiro atoms. The summed E-state index contributed by atoms with van der Waals surface area (Å²) >= 11 is 3.60. The Morgan fingerprint density at radius 1 is 1.36 bits per heavy atom. The van der Waals surface area contributed by atoms with Crippen LogP contribution in [0.5, 0.6) is 0 Å². The maximum atomic E-state index is 5.51. The zero-order valence-electron chi connectivity index (χ0n) is 8.89. The van der Waals surface area contributed by atoms with Gasteiger partial charge in [0.2, 0.25) is 0 Å². The number of hydrogen-bond donors (Lipinski definition) is 1. The van der Waals surface area contributed by atoms with E-state index in [9.17, 15) is 0 Å². The minimum atomic E-state index is 0.701. The molecule has 0 bridgehead atoms. The smallest absolute Gasteiger partial charge is 0.0210 e. The fourth-order valence-corrected chi connectivity index (χ4v) is 2.11. The van der Waals surface area contributed by atoms with E-state index in [0.29, 0.717) is 5.92 Å². The van der Waals surface area contributed by atoms with Crippen molar-refractivity contribution >= 4 is 15.9 Å². The van der Waals surface area contributed by atoms with Crippen molar-refractivity contribution in [2.45, 2.75) is 26.7 Å². The summed E-state index contributed by atoms with van der Waals surface area (Å²) in [4.78, 5) is 0. The number of hydrogen-bond acceptors (Lipinski definition) is 1. The van der Waals surface area contributed by atoms with E-state index in [1.54, 1.807) is 0 Å². The molecule has 0 atom stereocenters. The molecule has 1 aromatic carbocycles. The molecule has 14 heavy (non-hydrogen) atoms. The van der Waals surface area contributed by atoms with Crippen LogP contribution in [0.3, 0.4) is 0 Å². The third kappa shape index (κ3) is 3.43. The summed E-state index contributed by atoms with van der Waals surface area (Å²) < 4.78 is 1.22. The van der Waals surface area contributed by atoms with Crippen molar-refractivity contribution in [3.63, 3.8) is 0 Å². The van der Waals surface area contributed by atoms with Gasteiger partial charge in [0.25, 0.3) is 0 Å². The molecule has 0 unspecified atom stereocenters. The summed E-state index contributed by atoms with van der Waals surface area (Å²) in [6.45, 7) is 5.19. The minimum Gasteiger partial charge on any atom is -0.330 e. The minimum absolute atomic E-state index is 0.701. The molecule has 0 saturated heterocycles. The van der Waals surface area contributed by atoms with Crippen LogP contribution in [0, 0.1) is 5.92 Å². The van der Waals surface area contributed by atoms with Crippen molar-refractivity contribution in [2.75, 3.05) is 6.54 Å². The molecule has 2 heteroatoms. The Balaban J connectivity index is 2.79. The molecule has 0 heterocycles. The van der Waals surface area contributed by atoms with E-state index >= 15 is 0 Å². The molecule has 0 fully saturated rings. The van der Waals surface area contributed by atoms with Gasteiger partial charge in [-0.1, -0.05) is 41.9 Å². The molecule has 0 aliphatic rings. The van der Waals surface area contributed by atoms with Gasteiger partial charge in [-0.3, -0.25) is 0 Å². The van der Waals surface area contributed by atoms with Crippen molar-refractivity contribution in [1.82, 2.24) is 0 Å². The molecule has 1 aromatic rings. The van der Waals surface area contributed by atoms with Gasteiger partial charge in [0, 0.05) is 4.47 Å². The van der Waals surface area contributed by atoms with Crippen LogP contribution in [0.2, 0.25) is 0 Å². The van der Waals surface area contributed by atoms with Crippen molar-refractivity contribution in [1.29, 1.82) is 0 Å². The second-order valence-electron chi connectivity index (χ2n) is 4.06. The molecule has 0 aliphatic carbocycles. The van der Waals surface area contributed by atoms with Crippen LogP contribution in [0.25, 0.3) is 0 Å². The van der Waals surface area contributed by atoms with Crippen LogP contribution in [-0.2, 0) is 12.8 Å². The second kappa shape index (κ2) is 5.52. The maximum absolute atomic E-state index is 5.51. The van der Waals surface area contributed by atoms with E-state index in [4.69, 9.17) is 5.73 Å². The van der Waals surface area contributed by atoms with Gasteiger partial charge < -0.3 is 5.73 Å². The predicted octanol–water partition coefficient (Wildman–Crippen LogP) is 3.15. The highest BCUT2D eigenvalue weighted by Crippen LogP contribution is 2.21. The van der Waals surface area contributed by atoms with E-state index in [2.05, 4.69) is 48.0 Å². The van der Waals surface area contributed by atoms with Crippen LogP contribution in [0.15, 0.2) is 22.7 Å². The third-order valence-electron chi connectivity index (χ3n) is 2.18. The van der Waals surface area contributed by atoms with E-state index in [0.717, 1.165) is 19.4 Å². The maximum Gasteiger partial charge on any atom is 0.0210 e.